The summed E-state index contributed by atoms with van der Waals surface area (Å²) in [4.78, 5) is 44.4. The van der Waals surface area contributed by atoms with Gasteiger partial charge in [-0.05, 0) is 90.0 Å². The Hall–Kier alpha value is -3.88. The summed E-state index contributed by atoms with van der Waals surface area (Å²) >= 11 is 0. The summed E-state index contributed by atoms with van der Waals surface area (Å²) in [6.45, 7) is 16.4. The summed E-state index contributed by atoms with van der Waals surface area (Å²) in [5.74, 6) is 0.290. The SMILES string of the molecule is Cc1nc2c(c(-c3c(C)c4c(c(C)c3OC(C)(C)C)OCCC4)c1CC(=O)O)C=C(C(=O)NCCCN1CCCC1=O)C2C. The predicted octanol–water partition coefficient (Wildman–Crippen LogP) is 5.43. The molecule has 236 valence electrons. The van der Waals surface area contributed by atoms with Crippen molar-refractivity contribution in [1.82, 2.24) is 15.2 Å². The van der Waals surface area contributed by atoms with Gasteiger partial charge >= 0.3 is 5.97 Å². The molecule has 0 bridgehead atoms. The fraction of sp³-hybridized carbons (Fsp3) is 0.543. The van der Waals surface area contributed by atoms with Gasteiger partial charge in [-0.25, -0.2) is 0 Å². The van der Waals surface area contributed by atoms with E-state index in [4.69, 9.17) is 14.5 Å². The maximum absolute atomic E-state index is 13.5. The van der Waals surface area contributed by atoms with E-state index >= 15 is 0 Å². The summed E-state index contributed by atoms with van der Waals surface area (Å²) in [5.41, 5.74) is 7.46. The number of ether oxygens (including phenoxy) is 2. The highest BCUT2D eigenvalue weighted by atomic mass is 16.5. The number of carboxylic acids is 1. The number of carbonyl (C=O) groups excluding carboxylic acids is 2. The lowest BCUT2D eigenvalue weighted by Crippen LogP contribution is -2.31. The van der Waals surface area contributed by atoms with Crippen molar-refractivity contribution in [2.45, 2.75) is 98.5 Å². The Balaban J connectivity index is 1.62. The number of aromatic nitrogens is 1. The normalized spacial score (nSPS) is 17.6. The Bertz CT molecular complexity index is 1550. The molecule has 1 aromatic carbocycles. The lowest BCUT2D eigenvalue weighted by molar-refractivity contribution is -0.136. The second kappa shape index (κ2) is 12.3. The summed E-state index contributed by atoms with van der Waals surface area (Å²) in [6.07, 6.45) is 5.61. The van der Waals surface area contributed by atoms with E-state index in [1.807, 2.05) is 52.5 Å². The van der Waals surface area contributed by atoms with Gasteiger partial charge < -0.3 is 24.8 Å². The van der Waals surface area contributed by atoms with Gasteiger partial charge in [0.2, 0.25) is 11.8 Å². The number of carbonyl (C=O) groups is 3. The molecule has 2 amide bonds. The molecule has 1 atom stereocenters. The summed E-state index contributed by atoms with van der Waals surface area (Å²) in [6, 6.07) is 0. The van der Waals surface area contributed by atoms with E-state index in [0.29, 0.717) is 55.1 Å². The van der Waals surface area contributed by atoms with E-state index in [1.165, 1.54) is 0 Å². The van der Waals surface area contributed by atoms with E-state index in [1.54, 1.807) is 0 Å². The van der Waals surface area contributed by atoms with Crippen LogP contribution in [-0.4, -0.2) is 64.6 Å². The van der Waals surface area contributed by atoms with E-state index in [-0.39, 0.29) is 24.2 Å². The molecule has 1 unspecified atom stereocenters. The zero-order valence-corrected chi connectivity index (χ0v) is 27.1. The number of pyridine rings is 1. The number of fused-ring (bicyclic) bond motifs is 2. The molecule has 2 N–H and O–H groups in total. The van der Waals surface area contributed by atoms with Crippen molar-refractivity contribution in [3.8, 4) is 22.6 Å². The maximum Gasteiger partial charge on any atom is 0.307 e. The highest BCUT2D eigenvalue weighted by Crippen LogP contribution is 2.51. The number of likely N-dealkylation sites (tertiary alicyclic amines) is 1. The molecule has 9 heteroatoms. The molecule has 3 aliphatic rings. The molecule has 1 aromatic heterocycles. The Kier molecular flexibility index (Phi) is 8.78. The average molecular weight is 604 g/mol. The number of hydrogen-bond donors (Lipinski definition) is 2. The number of rotatable bonds is 9. The van der Waals surface area contributed by atoms with Gasteiger partial charge in [-0.1, -0.05) is 6.92 Å². The minimum Gasteiger partial charge on any atom is -0.493 e. The molecule has 1 fully saturated rings. The van der Waals surface area contributed by atoms with Crippen molar-refractivity contribution in [3.63, 3.8) is 0 Å². The third-order valence-electron chi connectivity index (χ3n) is 8.89. The van der Waals surface area contributed by atoms with Gasteiger partial charge in [0.05, 0.1) is 18.7 Å². The number of hydrogen-bond acceptors (Lipinski definition) is 6. The Morgan fingerprint density at radius 2 is 1.89 bits per heavy atom. The third kappa shape index (κ3) is 6.06. The second-order valence-electron chi connectivity index (χ2n) is 13.3. The van der Waals surface area contributed by atoms with Crippen LogP contribution in [-0.2, 0) is 27.2 Å². The Morgan fingerprint density at radius 1 is 1.14 bits per heavy atom. The van der Waals surface area contributed by atoms with Gasteiger partial charge in [-0.2, -0.15) is 0 Å². The van der Waals surface area contributed by atoms with Crippen LogP contribution < -0.4 is 14.8 Å². The molecule has 2 aromatic rings. The van der Waals surface area contributed by atoms with Gasteiger partial charge in [0.25, 0.3) is 0 Å². The number of aliphatic carboxylic acids is 1. The maximum atomic E-state index is 13.5. The van der Waals surface area contributed by atoms with Gasteiger partial charge in [0, 0.05) is 65.5 Å². The highest BCUT2D eigenvalue weighted by Gasteiger charge is 2.36. The summed E-state index contributed by atoms with van der Waals surface area (Å²) in [7, 11) is 0. The average Bonchev–Trinajstić information content (AvgIpc) is 3.52. The van der Waals surface area contributed by atoms with Crippen molar-refractivity contribution in [1.29, 1.82) is 0 Å². The quantitative estimate of drug-likeness (QED) is 0.367. The van der Waals surface area contributed by atoms with Crippen LogP contribution in [0.2, 0.25) is 0 Å². The van der Waals surface area contributed by atoms with Crippen LogP contribution in [0.5, 0.6) is 11.5 Å². The topological polar surface area (TPSA) is 118 Å². The number of aryl methyl sites for hydroxylation is 1. The van der Waals surface area contributed by atoms with Crippen molar-refractivity contribution < 1.29 is 29.0 Å². The molecular weight excluding hydrogens is 558 g/mol. The van der Waals surface area contributed by atoms with Crippen LogP contribution in [0.15, 0.2) is 5.57 Å². The molecule has 1 saturated heterocycles. The van der Waals surface area contributed by atoms with Crippen molar-refractivity contribution in [2.75, 3.05) is 26.2 Å². The van der Waals surface area contributed by atoms with Gasteiger partial charge in [-0.3, -0.25) is 19.4 Å². The van der Waals surface area contributed by atoms with E-state index < -0.39 is 11.6 Å². The van der Waals surface area contributed by atoms with Crippen LogP contribution in [0, 0.1) is 20.8 Å². The summed E-state index contributed by atoms with van der Waals surface area (Å²) in [5, 5.41) is 13.1. The summed E-state index contributed by atoms with van der Waals surface area (Å²) < 4.78 is 12.8. The number of amides is 2. The molecule has 9 nitrogen and oxygen atoms in total. The molecule has 0 spiro atoms. The monoisotopic (exact) mass is 603 g/mol. The fourth-order valence-corrected chi connectivity index (χ4v) is 6.78. The first-order chi connectivity index (χ1) is 20.8. The molecule has 0 radical (unpaired) electrons. The molecule has 1 aliphatic carbocycles. The third-order valence-corrected chi connectivity index (χ3v) is 8.89. The van der Waals surface area contributed by atoms with E-state index in [0.717, 1.165) is 70.6 Å². The molecule has 44 heavy (non-hydrogen) atoms. The van der Waals surface area contributed by atoms with Gasteiger partial charge in [-0.15, -0.1) is 0 Å². The molecule has 5 rings (SSSR count). The number of nitrogens with one attached hydrogen (secondary N) is 1. The predicted molar refractivity (Wildman–Crippen MR) is 169 cm³/mol. The number of nitrogens with zero attached hydrogens (tertiary/aromatic N) is 2. The molecule has 0 saturated carbocycles. The number of benzene rings is 1. The van der Waals surface area contributed by atoms with Crippen LogP contribution in [0.1, 0.15) is 98.5 Å². The fourth-order valence-electron chi connectivity index (χ4n) is 6.78. The van der Waals surface area contributed by atoms with Crippen molar-refractivity contribution in [2.24, 2.45) is 0 Å². The number of carboxylic acid groups (broad SMARTS) is 1. The Morgan fingerprint density at radius 3 is 2.55 bits per heavy atom. The van der Waals surface area contributed by atoms with Crippen LogP contribution in [0.25, 0.3) is 17.2 Å². The van der Waals surface area contributed by atoms with E-state index in [9.17, 15) is 19.5 Å². The lowest BCUT2D eigenvalue weighted by atomic mass is 9.83. The van der Waals surface area contributed by atoms with E-state index in [2.05, 4.69) is 12.2 Å². The Labute approximate surface area is 260 Å². The molecular formula is C35H45N3O6. The minimum absolute atomic E-state index is 0.176. The van der Waals surface area contributed by atoms with Crippen molar-refractivity contribution >= 4 is 23.9 Å². The van der Waals surface area contributed by atoms with Crippen molar-refractivity contribution in [3.05, 3.63) is 44.8 Å². The second-order valence-corrected chi connectivity index (χ2v) is 13.3. The minimum atomic E-state index is -0.950. The smallest absolute Gasteiger partial charge is 0.307 e. The molecule has 3 heterocycles. The van der Waals surface area contributed by atoms with Crippen LogP contribution >= 0.6 is 0 Å². The highest BCUT2D eigenvalue weighted by molar-refractivity contribution is 6.04. The lowest BCUT2D eigenvalue weighted by Gasteiger charge is -2.31. The molecule has 2 aliphatic heterocycles. The standard InChI is InChI=1S/C35H45N3O6/c1-19-23-11-9-16-43-32(23)21(3)33(44-35(5,6)7)29(19)30-25(18-28(40)41)22(4)37-31-20(2)24(17-26(30)31)34(42)36-13-10-15-38-14-8-12-27(38)39/h17,20H,8-16,18H2,1-7H3,(H,36,42)(H,40,41). The van der Waals surface area contributed by atoms with Gasteiger partial charge in [0.1, 0.15) is 17.1 Å². The first kappa shape index (κ1) is 31.5. The zero-order valence-electron chi connectivity index (χ0n) is 27.1. The van der Waals surface area contributed by atoms with Crippen LogP contribution in [0.3, 0.4) is 0 Å². The van der Waals surface area contributed by atoms with Crippen LogP contribution in [0.4, 0.5) is 0 Å². The zero-order chi connectivity index (χ0) is 31.9. The first-order valence-corrected chi connectivity index (χ1v) is 15.8. The van der Waals surface area contributed by atoms with Gasteiger partial charge in [0.15, 0.2) is 0 Å². The largest absolute Gasteiger partial charge is 0.493 e. The first-order valence-electron chi connectivity index (χ1n) is 15.8.